The highest BCUT2D eigenvalue weighted by atomic mass is 19.4. The first-order chi connectivity index (χ1) is 14.1. The van der Waals surface area contributed by atoms with Crippen LogP contribution in [0.15, 0.2) is 41.2 Å². The lowest BCUT2D eigenvalue weighted by Gasteiger charge is -2.41. The number of benzene rings is 1. The number of halogens is 5. The second kappa shape index (κ2) is 7.11. The monoisotopic (exact) mass is 429 g/mol. The van der Waals surface area contributed by atoms with Crippen LogP contribution in [0.3, 0.4) is 0 Å². The number of hydrogen-bond acceptors (Lipinski definition) is 7. The molecule has 2 heterocycles. The van der Waals surface area contributed by atoms with E-state index in [1.165, 1.54) is 18.5 Å². The first-order valence-electron chi connectivity index (χ1n) is 8.51. The van der Waals surface area contributed by atoms with Crippen molar-refractivity contribution in [2.75, 3.05) is 0 Å². The van der Waals surface area contributed by atoms with Crippen molar-refractivity contribution in [2.45, 2.75) is 31.0 Å². The van der Waals surface area contributed by atoms with Gasteiger partial charge in [0, 0.05) is 18.4 Å². The topological polar surface area (TPSA) is 90.5 Å². The third-order valence-electron chi connectivity index (χ3n) is 4.42. The molecule has 1 aliphatic rings. The average molecular weight is 429 g/mol. The largest absolute Gasteiger partial charge is 0.573 e. The molecule has 0 radical (unpaired) electrons. The van der Waals surface area contributed by atoms with E-state index >= 15 is 4.39 Å². The predicted octanol–water partition coefficient (Wildman–Crippen LogP) is 4.28. The van der Waals surface area contributed by atoms with E-state index in [4.69, 9.17) is 14.4 Å². The molecular formula is C18H12F5N3O4. The van der Waals surface area contributed by atoms with Gasteiger partial charge in [0.25, 0.3) is 5.88 Å². The molecule has 12 heteroatoms. The maximum absolute atomic E-state index is 15.0. The lowest BCUT2D eigenvalue weighted by molar-refractivity contribution is -0.274. The van der Waals surface area contributed by atoms with E-state index in [0.717, 1.165) is 12.1 Å². The van der Waals surface area contributed by atoms with Gasteiger partial charge in [0.1, 0.15) is 29.0 Å². The zero-order valence-electron chi connectivity index (χ0n) is 14.9. The molecule has 1 N–H and O–H groups in total. The number of aromatic nitrogens is 3. The van der Waals surface area contributed by atoms with Crippen molar-refractivity contribution < 1.29 is 41.1 Å². The SMILES string of the molecule is Oc1cc(-c2cnc(O[C@H]3C[C@](F)(c4cc(OC(F)(F)F)ccc4F)C3)cn2)on1. The fourth-order valence-electron chi connectivity index (χ4n) is 3.07. The van der Waals surface area contributed by atoms with Gasteiger partial charge in [0.2, 0.25) is 5.88 Å². The zero-order chi connectivity index (χ0) is 21.5. The number of rotatable bonds is 5. The lowest BCUT2D eigenvalue weighted by Crippen LogP contribution is -2.45. The van der Waals surface area contributed by atoms with Crippen LogP contribution in [0.25, 0.3) is 11.5 Å². The minimum atomic E-state index is -4.97. The Morgan fingerprint density at radius 2 is 1.90 bits per heavy atom. The maximum atomic E-state index is 15.0. The highest BCUT2D eigenvalue weighted by Gasteiger charge is 2.50. The van der Waals surface area contributed by atoms with Gasteiger partial charge in [-0.3, -0.25) is 0 Å². The molecule has 1 aromatic carbocycles. The average Bonchev–Trinajstić information content (AvgIpc) is 3.08. The Kier molecular flexibility index (Phi) is 4.71. The van der Waals surface area contributed by atoms with Crippen LogP contribution in [0.2, 0.25) is 0 Å². The summed E-state index contributed by atoms with van der Waals surface area (Å²) in [6.07, 6.45) is -3.72. The van der Waals surface area contributed by atoms with Crippen molar-refractivity contribution in [3.8, 4) is 29.0 Å². The van der Waals surface area contributed by atoms with E-state index in [2.05, 4.69) is 19.9 Å². The van der Waals surface area contributed by atoms with Crippen LogP contribution in [-0.4, -0.2) is 32.7 Å². The molecule has 2 aromatic heterocycles. The van der Waals surface area contributed by atoms with Gasteiger partial charge in [-0.1, -0.05) is 0 Å². The third-order valence-corrected chi connectivity index (χ3v) is 4.42. The molecule has 7 nitrogen and oxygen atoms in total. The first-order valence-corrected chi connectivity index (χ1v) is 8.51. The van der Waals surface area contributed by atoms with Crippen molar-refractivity contribution in [3.05, 3.63) is 48.0 Å². The van der Waals surface area contributed by atoms with Crippen molar-refractivity contribution in [2.24, 2.45) is 0 Å². The molecule has 0 unspecified atom stereocenters. The summed E-state index contributed by atoms with van der Waals surface area (Å²) in [7, 11) is 0. The van der Waals surface area contributed by atoms with Gasteiger partial charge >= 0.3 is 6.36 Å². The van der Waals surface area contributed by atoms with Crippen molar-refractivity contribution in [1.82, 2.24) is 15.1 Å². The van der Waals surface area contributed by atoms with Crippen molar-refractivity contribution in [1.29, 1.82) is 0 Å². The second-order valence-corrected chi connectivity index (χ2v) is 6.59. The van der Waals surface area contributed by atoms with Crippen LogP contribution in [0, 0.1) is 5.82 Å². The number of ether oxygens (including phenoxy) is 2. The Morgan fingerprint density at radius 1 is 1.13 bits per heavy atom. The highest BCUT2D eigenvalue weighted by Crippen LogP contribution is 2.48. The third kappa shape index (κ3) is 4.11. The lowest BCUT2D eigenvalue weighted by atomic mass is 9.74. The summed E-state index contributed by atoms with van der Waals surface area (Å²) in [4.78, 5) is 8.00. The zero-order valence-corrected chi connectivity index (χ0v) is 14.9. The van der Waals surface area contributed by atoms with Crippen molar-refractivity contribution >= 4 is 0 Å². The van der Waals surface area contributed by atoms with Gasteiger partial charge in [-0.15, -0.1) is 13.2 Å². The normalized spacial score (nSPS) is 21.2. The Bertz CT molecular complexity index is 1050. The summed E-state index contributed by atoms with van der Waals surface area (Å²) in [6, 6.07) is 3.42. The molecule has 1 fully saturated rings. The second-order valence-electron chi connectivity index (χ2n) is 6.59. The quantitative estimate of drug-likeness (QED) is 0.606. The van der Waals surface area contributed by atoms with E-state index in [9.17, 15) is 17.6 Å². The smallest absolute Gasteiger partial charge is 0.491 e. The number of aromatic hydroxyl groups is 1. The molecular weight excluding hydrogens is 417 g/mol. The molecule has 0 spiro atoms. The summed E-state index contributed by atoms with van der Waals surface area (Å²) >= 11 is 0. The molecule has 1 saturated carbocycles. The predicted molar refractivity (Wildman–Crippen MR) is 88.7 cm³/mol. The molecule has 30 heavy (non-hydrogen) atoms. The maximum Gasteiger partial charge on any atom is 0.573 e. The van der Waals surface area contributed by atoms with E-state index in [-0.39, 0.29) is 36.1 Å². The van der Waals surface area contributed by atoms with Crippen LogP contribution in [0.4, 0.5) is 22.0 Å². The molecule has 4 rings (SSSR count). The van der Waals surface area contributed by atoms with E-state index in [1.54, 1.807) is 0 Å². The summed E-state index contributed by atoms with van der Waals surface area (Å²) < 4.78 is 80.1. The Labute approximate surface area is 165 Å². The number of alkyl halides is 4. The van der Waals surface area contributed by atoms with Gasteiger partial charge in [-0.25, -0.2) is 18.7 Å². The van der Waals surface area contributed by atoms with Crippen LogP contribution in [0.5, 0.6) is 17.5 Å². The standard InChI is InChI=1S/C18H12F5N3O4/c19-12-2-1-9(29-18(21,22)23)3-11(12)17(20)5-10(6-17)28-16-8-24-13(7-25-16)14-4-15(27)26-30-14/h1-4,7-8,10H,5-6H2,(H,26,27)/t10-,17+. The molecule has 0 aliphatic heterocycles. The highest BCUT2D eigenvalue weighted by molar-refractivity contribution is 5.51. The van der Waals surface area contributed by atoms with Gasteiger partial charge in [0.15, 0.2) is 5.76 Å². The summed E-state index contributed by atoms with van der Waals surface area (Å²) in [6.45, 7) is 0. The Morgan fingerprint density at radius 3 is 2.50 bits per heavy atom. The number of nitrogens with zero attached hydrogens (tertiary/aromatic N) is 3. The molecule has 0 amide bonds. The summed E-state index contributed by atoms with van der Waals surface area (Å²) in [5, 5.41) is 12.5. The number of hydrogen-bond donors (Lipinski definition) is 1. The van der Waals surface area contributed by atoms with E-state index in [1.807, 2.05) is 0 Å². The van der Waals surface area contributed by atoms with Gasteiger partial charge in [-0.05, 0) is 23.4 Å². The van der Waals surface area contributed by atoms with Crippen LogP contribution in [-0.2, 0) is 5.67 Å². The fraction of sp³-hybridized carbons (Fsp3) is 0.278. The van der Waals surface area contributed by atoms with Gasteiger partial charge in [0.05, 0.1) is 18.5 Å². The molecule has 0 bridgehead atoms. The molecule has 1 aliphatic carbocycles. The molecule has 158 valence electrons. The van der Waals surface area contributed by atoms with E-state index in [0.29, 0.717) is 6.07 Å². The Balaban J connectivity index is 1.41. The van der Waals surface area contributed by atoms with Crippen LogP contribution in [0.1, 0.15) is 18.4 Å². The Hall–Kier alpha value is -3.44. The minimum absolute atomic E-state index is 0.0594. The van der Waals surface area contributed by atoms with Gasteiger partial charge in [-0.2, -0.15) is 0 Å². The first kappa shape index (κ1) is 19.9. The molecule has 0 saturated heterocycles. The molecule has 3 aromatic rings. The van der Waals surface area contributed by atoms with Crippen LogP contribution >= 0.6 is 0 Å². The van der Waals surface area contributed by atoms with E-state index < -0.39 is 35.3 Å². The van der Waals surface area contributed by atoms with Crippen LogP contribution < -0.4 is 9.47 Å². The fourth-order valence-corrected chi connectivity index (χ4v) is 3.07. The molecule has 0 atom stereocenters. The van der Waals surface area contributed by atoms with Crippen molar-refractivity contribution in [3.63, 3.8) is 0 Å². The van der Waals surface area contributed by atoms with Gasteiger partial charge < -0.3 is 19.1 Å². The summed E-state index contributed by atoms with van der Waals surface area (Å²) in [5.74, 6) is -1.78. The summed E-state index contributed by atoms with van der Waals surface area (Å²) in [5.41, 5.74) is -2.47. The minimum Gasteiger partial charge on any atom is -0.491 e.